The van der Waals surface area contributed by atoms with Gasteiger partial charge in [-0.2, -0.15) is 0 Å². The van der Waals surface area contributed by atoms with Gasteiger partial charge in [0.1, 0.15) is 0 Å². The van der Waals surface area contributed by atoms with Crippen LogP contribution in [-0.4, -0.2) is 35.7 Å². The first-order valence-corrected chi connectivity index (χ1v) is 5.90. The van der Waals surface area contributed by atoms with E-state index in [1.807, 2.05) is 0 Å². The van der Waals surface area contributed by atoms with E-state index in [1.165, 1.54) is 38.8 Å². The molecule has 1 aliphatic heterocycles. The van der Waals surface area contributed by atoms with Crippen LogP contribution < -0.4 is 0 Å². The summed E-state index contributed by atoms with van der Waals surface area (Å²) in [7, 11) is 0. The molecular weight excluding hydrogens is 174 g/mol. The number of β-amino-alcohol motifs (C(OH)–C–C–N with tert-alkyl or cyclic N) is 1. The van der Waals surface area contributed by atoms with Crippen molar-refractivity contribution in [3.8, 4) is 0 Å². The minimum atomic E-state index is -0.194. The fourth-order valence-electron chi connectivity index (χ4n) is 1.84. The Morgan fingerprint density at radius 2 is 1.57 bits per heavy atom. The minimum Gasteiger partial charge on any atom is -0.391 e. The maximum atomic E-state index is 9.99. The highest BCUT2D eigenvalue weighted by atomic mass is 16.3. The molecule has 1 saturated heterocycles. The standard InChI is InChI=1S/C12H25NO/c1-12(2,3)11(14)10-13-8-6-4-5-7-9-13/h11,14H,4-10H2,1-3H3. The van der Waals surface area contributed by atoms with Crippen molar-refractivity contribution in [1.82, 2.24) is 4.90 Å². The Hall–Kier alpha value is -0.0800. The van der Waals surface area contributed by atoms with Crippen molar-refractivity contribution in [2.24, 2.45) is 5.41 Å². The quantitative estimate of drug-likeness (QED) is 0.737. The molecule has 0 aliphatic carbocycles. The summed E-state index contributed by atoms with van der Waals surface area (Å²) in [6, 6.07) is 0. The molecule has 0 radical (unpaired) electrons. The van der Waals surface area contributed by atoms with Gasteiger partial charge in [-0.1, -0.05) is 33.6 Å². The van der Waals surface area contributed by atoms with E-state index in [1.54, 1.807) is 0 Å². The molecule has 0 aromatic heterocycles. The first kappa shape index (κ1) is 12.0. The molecule has 1 N–H and O–H groups in total. The Labute approximate surface area is 88.3 Å². The Balaban J connectivity index is 2.34. The third-order valence-electron chi connectivity index (χ3n) is 3.13. The van der Waals surface area contributed by atoms with Gasteiger partial charge in [-0.05, 0) is 31.3 Å². The largest absolute Gasteiger partial charge is 0.391 e. The smallest absolute Gasteiger partial charge is 0.0715 e. The van der Waals surface area contributed by atoms with Crippen molar-refractivity contribution >= 4 is 0 Å². The second kappa shape index (κ2) is 5.13. The first-order chi connectivity index (χ1) is 6.50. The number of hydrogen-bond acceptors (Lipinski definition) is 2. The van der Waals surface area contributed by atoms with Gasteiger partial charge in [0.15, 0.2) is 0 Å². The normalized spacial score (nSPS) is 23.1. The number of rotatable bonds is 2. The molecule has 1 heterocycles. The van der Waals surface area contributed by atoms with E-state index >= 15 is 0 Å². The SMILES string of the molecule is CC(C)(C)C(O)CN1CCCCCC1. The zero-order valence-electron chi connectivity index (χ0n) is 9.92. The average Bonchev–Trinajstić information content (AvgIpc) is 2.31. The van der Waals surface area contributed by atoms with Crippen molar-refractivity contribution in [2.45, 2.75) is 52.6 Å². The number of nitrogens with zero attached hydrogens (tertiary/aromatic N) is 1. The van der Waals surface area contributed by atoms with E-state index in [4.69, 9.17) is 0 Å². The van der Waals surface area contributed by atoms with Gasteiger partial charge in [0.05, 0.1) is 6.10 Å². The number of aliphatic hydroxyl groups excluding tert-OH is 1. The van der Waals surface area contributed by atoms with Crippen LogP contribution in [0, 0.1) is 5.41 Å². The summed E-state index contributed by atoms with van der Waals surface area (Å²) < 4.78 is 0. The Morgan fingerprint density at radius 3 is 2.00 bits per heavy atom. The predicted octanol–water partition coefficient (Wildman–Crippen LogP) is 2.27. The van der Waals surface area contributed by atoms with Gasteiger partial charge < -0.3 is 10.0 Å². The molecule has 0 spiro atoms. The van der Waals surface area contributed by atoms with Crippen LogP contribution >= 0.6 is 0 Å². The molecule has 1 aliphatic rings. The number of hydrogen-bond donors (Lipinski definition) is 1. The molecular formula is C12H25NO. The summed E-state index contributed by atoms with van der Waals surface area (Å²) in [5.41, 5.74) is 0.0201. The molecule has 2 heteroatoms. The third-order valence-corrected chi connectivity index (χ3v) is 3.13. The molecule has 0 aromatic carbocycles. The highest BCUT2D eigenvalue weighted by molar-refractivity contribution is 4.77. The van der Waals surface area contributed by atoms with Crippen molar-refractivity contribution < 1.29 is 5.11 Å². The van der Waals surface area contributed by atoms with Gasteiger partial charge in [0.2, 0.25) is 0 Å². The first-order valence-electron chi connectivity index (χ1n) is 5.90. The summed E-state index contributed by atoms with van der Waals surface area (Å²) in [5, 5.41) is 9.99. The van der Waals surface area contributed by atoms with Crippen LogP contribution in [0.25, 0.3) is 0 Å². The van der Waals surface area contributed by atoms with Crippen LogP contribution in [0.2, 0.25) is 0 Å². The van der Waals surface area contributed by atoms with Gasteiger partial charge >= 0.3 is 0 Å². The lowest BCUT2D eigenvalue weighted by Gasteiger charge is -2.31. The maximum absolute atomic E-state index is 9.99. The van der Waals surface area contributed by atoms with Crippen LogP contribution in [0.4, 0.5) is 0 Å². The number of aliphatic hydroxyl groups is 1. The van der Waals surface area contributed by atoms with Crippen LogP contribution in [-0.2, 0) is 0 Å². The lowest BCUT2D eigenvalue weighted by molar-refractivity contribution is 0.0293. The van der Waals surface area contributed by atoms with Crippen molar-refractivity contribution in [3.05, 3.63) is 0 Å². The van der Waals surface area contributed by atoms with E-state index in [2.05, 4.69) is 25.7 Å². The fraction of sp³-hybridized carbons (Fsp3) is 1.00. The molecule has 84 valence electrons. The lowest BCUT2D eigenvalue weighted by Crippen LogP contribution is -2.39. The molecule has 14 heavy (non-hydrogen) atoms. The van der Waals surface area contributed by atoms with Crippen LogP contribution in [0.15, 0.2) is 0 Å². The summed E-state index contributed by atoms with van der Waals surface area (Å²) in [6.07, 6.45) is 5.14. The molecule has 0 amide bonds. The fourth-order valence-corrected chi connectivity index (χ4v) is 1.84. The van der Waals surface area contributed by atoms with Crippen LogP contribution in [0.5, 0.6) is 0 Å². The Kier molecular flexibility index (Phi) is 4.39. The predicted molar refractivity (Wildman–Crippen MR) is 60.4 cm³/mol. The summed E-state index contributed by atoms with van der Waals surface area (Å²) >= 11 is 0. The summed E-state index contributed by atoms with van der Waals surface area (Å²) in [5.74, 6) is 0. The summed E-state index contributed by atoms with van der Waals surface area (Å²) in [6.45, 7) is 9.52. The van der Waals surface area contributed by atoms with E-state index in [-0.39, 0.29) is 11.5 Å². The molecule has 1 rings (SSSR count). The topological polar surface area (TPSA) is 23.5 Å². The van der Waals surface area contributed by atoms with Crippen molar-refractivity contribution in [2.75, 3.05) is 19.6 Å². The van der Waals surface area contributed by atoms with Gasteiger partial charge in [-0.25, -0.2) is 0 Å². The average molecular weight is 199 g/mol. The van der Waals surface area contributed by atoms with Gasteiger partial charge in [-0.15, -0.1) is 0 Å². The van der Waals surface area contributed by atoms with Gasteiger partial charge in [0.25, 0.3) is 0 Å². The monoisotopic (exact) mass is 199 g/mol. The van der Waals surface area contributed by atoms with Crippen molar-refractivity contribution in [1.29, 1.82) is 0 Å². The second-order valence-corrected chi connectivity index (χ2v) is 5.60. The van der Waals surface area contributed by atoms with E-state index in [0.717, 1.165) is 6.54 Å². The molecule has 0 aromatic rings. The van der Waals surface area contributed by atoms with E-state index < -0.39 is 0 Å². The Bertz CT molecular complexity index is 154. The van der Waals surface area contributed by atoms with Gasteiger partial charge in [0, 0.05) is 6.54 Å². The van der Waals surface area contributed by atoms with Crippen LogP contribution in [0.3, 0.4) is 0 Å². The van der Waals surface area contributed by atoms with E-state index in [0.29, 0.717) is 0 Å². The molecule has 2 nitrogen and oxygen atoms in total. The van der Waals surface area contributed by atoms with Crippen LogP contribution in [0.1, 0.15) is 46.5 Å². The second-order valence-electron chi connectivity index (χ2n) is 5.60. The van der Waals surface area contributed by atoms with Gasteiger partial charge in [-0.3, -0.25) is 0 Å². The zero-order chi connectivity index (χ0) is 10.6. The molecule has 0 saturated carbocycles. The highest BCUT2D eigenvalue weighted by Crippen LogP contribution is 2.21. The maximum Gasteiger partial charge on any atom is 0.0715 e. The summed E-state index contributed by atoms with van der Waals surface area (Å²) in [4.78, 5) is 2.42. The Morgan fingerprint density at radius 1 is 1.07 bits per heavy atom. The van der Waals surface area contributed by atoms with Crippen molar-refractivity contribution in [3.63, 3.8) is 0 Å². The number of likely N-dealkylation sites (tertiary alicyclic amines) is 1. The molecule has 1 fully saturated rings. The molecule has 1 atom stereocenters. The third kappa shape index (κ3) is 3.97. The lowest BCUT2D eigenvalue weighted by atomic mass is 9.89. The minimum absolute atomic E-state index is 0.0201. The molecule has 0 bridgehead atoms. The van der Waals surface area contributed by atoms with E-state index in [9.17, 15) is 5.11 Å². The molecule has 1 unspecified atom stereocenters. The highest BCUT2D eigenvalue weighted by Gasteiger charge is 2.24. The zero-order valence-corrected chi connectivity index (χ0v) is 9.92.